The number of nitrogens with zero attached hydrogens (tertiary/aromatic N) is 6. The molecule has 2 aromatic heterocycles. The molecule has 14 heteroatoms. The van der Waals surface area contributed by atoms with Gasteiger partial charge in [0, 0.05) is 35.5 Å². The summed E-state index contributed by atoms with van der Waals surface area (Å²) in [5.41, 5.74) is 4.21. The van der Waals surface area contributed by atoms with Gasteiger partial charge in [0.25, 0.3) is 5.91 Å². The van der Waals surface area contributed by atoms with Crippen LogP contribution < -0.4 is 9.64 Å². The maximum atomic E-state index is 15.7. The summed E-state index contributed by atoms with van der Waals surface area (Å²) in [5, 5.41) is 18.9. The van der Waals surface area contributed by atoms with E-state index in [2.05, 4.69) is 20.1 Å². The summed E-state index contributed by atoms with van der Waals surface area (Å²) in [6.45, 7) is 0.984. The number of fused-ring (bicyclic) bond motifs is 4. The molecule has 8 rings (SSSR count). The number of carboxylic acid groups (broad SMARTS) is 1. The number of hydrogen-bond acceptors (Lipinski definition) is 8. The zero-order chi connectivity index (χ0) is 33.3. The molecule has 0 aliphatic carbocycles. The Kier molecular flexibility index (Phi) is 7.46. The van der Waals surface area contributed by atoms with Crippen molar-refractivity contribution in [3.63, 3.8) is 0 Å². The van der Waals surface area contributed by atoms with Gasteiger partial charge in [0.2, 0.25) is 5.65 Å². The summed E-state index contributed by atoms with van der Waals surface area (Å²) in [6.07, 6.45) is 3.36. The number of pyridine rings is 1. The van der Waals surface area contributed by atoms with E-state index in [1.54, 1.807) is 55.7 Å². The number of rotatable bonds is 5. The molecule has 1 N–H and O–H groups in total. The van der Waals surface area contributed by atoms with Crippen LogP contribution in [-0.2, 0) is 18.3 Å². The average molecular weight is 690 g/mol. The second-order valence-corrected chi connectivity index (χ2v) is 12.9. The lowest BCUT2D eigenvalue weighted by Crippen LogP contribution is -2.46. The quantitative estimate of drug-likeness (QED) is 0.230. The zero-order valence-electron chi connectivity index (χ0n) is 25.5. The van der Waals surface area contributed by atoms with Crippen molar-refractivity contribution >= 4 is 51.9 Å². The second-order valence-electron chi connectivity index (χ2n) is 12.1. The van der Waals surface area contributed by atoms with Gasteiger partial charge >= 0.3 is 5.97 Å². The van der Waals surface area contributed by atoms with Crippen LogP contribution in [0.2, 0.25) is 10.0 Å². The lowest BCUT2D eigenvalue weighted by atomic mass is 9.96. The van der Waals surface area contributed by atoms with Crippen LogP contribution in [0.5, 0.6) is 5.75 Å². The molecule has 244 valence electrons. The van der Waals surface area contributed by atoms with Crippen LogP contribution in [0.4, 0.5) is 10.1 Å². The van der Waals surface area contributed by atoms with Gasteiger partial charge in [-0.1, -0.05) is 41.4 Å². The molecule has 2 fully saturated rings. The predicted molar refractivity (Wildman–Crippen MR) is 176 cm³/mol. The SMILES string of the molecule is Cn1nc2nccc(-c3cc(Cl)c(C(=O)N4COc5c(cccc5-c5cc(N6C7CCC6COC7)c(C(=O)O)cc5F)C4)c(Cl)c3)c2n1. The third-order valence-corrected chi connectivity index (χ3v) is 9.79. The number of hydrogen-bond donors (Lipinski definition) is 1. The van der Waals surface area contributed by atoms with Crippen molar-refractivity contribution in [2.75, 3.05) is 24.8 Å². The molecule has 5 heterocycles. The van der Waals surface area contributed by atoms with E-state index in [0.717, 1.165) is 18.9 Å². The van der Waals surface area contributed by atoms with E-state index in [1.807, 2.05) is 0 Å². The Labute approximate surface area is 283 Å². The van der Waals surface area contributed by atoms with E-state index in [4.69, 9.17) is 32.7 Å². The molecular weight excluding hydrogens is 662 g/mol. The zero-order valence-corrected chi connectivity index (χ0v) is 27.0. The van der Waals surface area contributed by atoms with Crippen molar-refractivity contribution in [2.24, 2.45) is 7.05 Å². The monoisotopic (exact) mass is 688 g/mol. The van der Waals surface area contributed by atoms with Crippen LogP contribution in [0.1, 0.15) is 39.1 Å². The van der Waals surface area contributed by atoms with Gasteiger partial charge in [-0.05, 0) is 48.7 Å². The van der Waals surface area contributed by atoms with E-state index in [-0.39, 0.29) is 52.1 Å². The van der Waals surface area contributed by atoms with Gasteiger partial charge in [-0.3, -0.25) is 4.79 Å². The molecular formula is C34H27Cl2FN6O5. The number of anilines is 1. The highest BCUT2D eigenvalue weighted by molar-refractivity contribution is 6.40. The number of ether oxygens (including phenoxy) is 2. The first-order chi connectivity index (χ1) is 23.2. The fourth-order valence-electron chi connectivity index (χ4n) is 7.03. The molecule has 2 atom stereocenters. The van der Waals surface area contributed by atoms with Gasteiger partial charge in [0.15, 0.2) is 6.73 Å². The first kappa shape index (κ1) is 30.5. The number of aromatic nitrogens is 4. The fraction of sp³-hybridized carbons (Fsp3) is 0.265. The highest BCUT2D eigenvalue weighted by Gasteiger charge is 2.40. The lowest BCUT2D eigenvalue weighted by Gasteiger charge is -2.37. The van der Waals surface area contributed by atoms with Crippen molar-refractivity contribution in [1.29, 1.82) is 0 Å². The molecule has 1 amide bonds. The number of morpholine rings is 1. The second kappa shape index (κ2) is 11.7. The number of amides is 1. The van der Waals surface area contributed by atoms with Crippen LogP contribution in [0.3, 0.4) is 0 Å². The molecule has 2 bridgehead atoms. The van der Waals surface area contributed by atoms with Crippen LogP contribution in [0.15, 0.2) is 54.7 Å². The Morgan fingerprint density at radius 2 is 1.73 bits per heavy atom. The molecule has 5 aromatic rings. The summed E-state index contributed by atoms with van der Waals surface area (Å²) in [4.78, 5) is 35.2. The largest absolute Gasteiger partial charge is 0.478 e. The predicted octanol–water partition coefficient (Wildman–Crippen LogP) is 6.20. The highest BCUT2D eigenvalue weighted by Crippen LogP contribution is 2.43. The smallest absolute Gasteiger partial charge is 0.337 e. The fourth-order valence-corrected chi connectivity index (χ4v) is 7.68. The number of halogens is 3. The van der Waals surface area contributed by atoms with E-state index in [0.29, 0.717) is 58.1 Å². The molecule has 11 nitrogen and oxygen atoms in total. The molecule has 3 aliphatic heterocycles. The molecule has 3 aromatic carbocycles. The average Bonchev–Trinajstić information content (AvgIpc) is 3.57. The van der Waals surface area contributed by atoms with Crippen molar-refractivity contribution < 1.29 is 28.6 Å². The minimum absolute atomic E-state index is 0.0195. The number of carboxylic acids is 1. The first-order valence-electron chi connectivity index (χ1n) is 15.3. The standard InChI is InChI=1S/C34H27Cl2FN6O5/c1-41-39-30-21(7-8-38-32(30)40-41)18-9-25(35)29(26(36)10-18)33(44)42-13-17-3-2-4-22(31(17)48-16-42)23-12-28(24(34(45)46)11-27(23)37)43-19-5-6-20(43)15-47-14-19/h2-4,7-12,19-20H,5-6,13-16H2,1H3,(H,45,46). The Morgan fingerprint density at radius 3 is 2.46 bits per heavy atom. The van der Waals surface area contributed by atoms with E-state index in [1.165, 1.54) is 9.70 Å². The number of carbonyl (C=O) groups is 2. The molecule has 48 heavy (non-hydrogen) atoms. The summed E-state index contributed by atoms with van der Waals surface area (Å²) in [5.74, 6) is -1.90. The Hall–Kier alpha value is -4.78. The van der Waals surface area contributed by atoms with Gasteiger partial charge in [0.1, 0.15) is 17.1 Å². The van der Waals surface area contributed by atoms with Crippen LogP contribution in [-0.4, -0.2) is 73.9 Å². The lowest BCUT2D eigenvalue weighted by molar-refractivity contribution is 0.0516. The number of para-hydroxylation sites is 1. The Balaban J connectivity index is 1.11. The van der Waals surface area contributed by atoms with E-state index >= 15 is 4.39 Å². The van der Waals surface area contributed by atoms with Crippen molar-refractivity contribution in [3.05, 3.63) is 87.3 Å². The third-order valence-electron chi connectivity index (χ3n) is 9.19. The number of carbonyl (C=O) groups excluding carboxylic acids is 1. The van der Waals surface area contributed by atoms with Crippen molar-refractivity contribution in [2.45, 2.75) is 31.5 Å². The Bertz CT molecular complexity index is 2120. The molecule has 3 aliphatic rings. The molecule has 2 saturated heterocycles. The summed E-state index contributed by atoms with van der Waals surface area (Å²) in [6, 6.07) is 13.1. The van der Waals surface area contributed by atoms with Crippen molar-refractivity contribution in [1.82, 2.24) is 24.9 Å². The summed E-state index contributed by atoms with van der Waals surface area (Å²) in [7, 11) is 1.70. The molecule has 0 saturated carbocycles. The minimum atomic E-state index is -1.20. The summed E-state index contributed by atoms with van der Waals surface area (Å²) < 4.78 is 27.6. The molecule has 0 radical (unpaired) electrons. The van der Waals surface area contributed by atoms with Crippen LogP contribution in [0.25, 0.3) is 33.4 Å². The number of benzene rings is 3. The normalized spacial score (nSPS) is 18.6. The van der Waals surface area contributed by atoms with Crippen LogP contribution >= 0.6 is 23.2 Å². The van der Waals surface area contributed by atoms with Gasteiger partial charge in [-0.25, -0.2) is 14.2 Å². The van der Waals surface area contributed by atoms with E-state index < -0.39 is 17.7 Å². The topological polar surface area (TPSA) is 123 Å². The van der Waals surface area contributed by atoms with Gasteiger partial charge in [0.05, 0.1) is 58.7 Å². The van der Waals surface area contributed by atoms with E-state index in [9.17, 15) is 14.7 Å². The number of aryl methyl sites for hydroxylation is 1. The highest BCUT2D eigenvalue weighted by atomic mass is 35.5. The first-order valence-corrected chi connectivity index (χ1v) is 16.1. The van der Waals surface area contributed by atoms with Gasteiger partial charge in [-0.15, -0.1) is 5.10 Å². The van der Waals surface area contributed by atoms with Gasteiger partial charge < -0.3 is 24.4 Å². The number of aromatic carboxylic acids is 1. The maximum absolute atomic E-state index is 15.7. The third kappa shape index (κ3) is 5.02. The summed E-state index contributed by atoms with van der Waals surface area (Å²) >= 11 is 13.4. The van der Waals surface area contributed by atoms with Gasteiger partial charge in [-0.2, -0.15) is 9.90 Å². The molecule has 0 spiro atoms. The van der Waals surface area contributed by atoms with Crippen LogP contribution in [0, 0.1) is 5.82 Å². The Morgan fingerprint density at radius 1 is 0.979 bits per heavy atom. The maximum Gasteiger partial charge on any atom is 0.337 e. The minimum Gasteiger partial charge on any atom is -0.478 e. The van der Waals surface area contributed by atoms with Crippen molar-refractivity contribution in [3.8, 4) is 28.0 Å². The molecule has 2 unspecified atom stereocenters.